The van der Waals surface area contributed by atoms with E-state index < -0.39 is 0 Å². The summed E-state index contributed by atoms with van der Waals surface area (Å²) >= 11 is 0. The van der Waals surface area contributed by atoms with E-state index in [9.17, 15) is 0 Å². The minimum Gasteiger partial charge on any atom is -0.309 e. The molecule has 0 fully saturated rings. The summed E-state index contributed by atoms with van der Waals surface area (Å²) in [6, 6.07) is 56.9. The van der Waals surface area contributed by atoms with Crippen molar-refractivity contribution in [3.8, 4) is 28.1 Å². The summed E-state index contributed by atoms with van der Waals surface area (Å²) in [6.45, 7) is 0. The van der Waals surface area contributed by atoms with Gasteiger partial charge in [-0.2, -0.15) is 0 Å². The molecule has 0 saturated carbocycles. The molecule has 4 aromatic heterocycles. The van der Waals surface area contributed by atoms with Gasteiger partial charge in [0.05, 0.1) is 27.6 Å². The lowest BCUT2D eigenvalue weighted by atomic mass is 9.99. The van der Waals surface area contributed by atoms with Gasteiger partial charge in [0.15, 0.2) is 0 Å². The van der Waals surface area contributed by atoms with Crippen LogP contribution in [0.5, 0.6) is 0 Å². The second kappa shape index (κ2) is 9.65. The fraction of sp³-hybridized carbons (Fsp3) is 0. The number of benzene rings is 6. The zero-order valence-electron chi connectivity index (χ0n) is 24.9. The van der Waals surface area contributed by atoms with Crippen molar-refractivity contribution < 1.29 is 0 Å². The highest BCUT2D eigenvalue weighted by Crippen LogP contribution is 2.41. The van der Waals surface area contributed by atoms with Crippen molar-refractivity contribution in [3.63, 3.8) is 0 Å². The Morgan fingerprint density at radius 1 is 0.348 bits per heavy atom. The van der Waals surface area contributed by atoms with Crippen molar-refractivity contribution in [2.24, 2.45) is 0 Å². The minimum absolute atomic E-state index is 0.909. The maximum atomic E-state index is 5.00. The van der Waals surface area contributed by atoms with Crippen molar-refractivity contribution in [1.82, 2.24) is 14.0 Å². The van der Waals surface area contributed by atoms with E-state index in [2.05, 4.69) is 167 Å². The van der Waals surface area contributed by atoms with Gasteiger partial charge in [0.2, 0.25) is 0 Å². The maximum absolute atomic E-state index is 5.00. The highest BCUT2D eigenvalue weighted by Gasteiger charge is 2.20. The first-order valence-electron chi connectivity index (χ1n) is 15.7. The number of nitrogens with zero attached hydrogens (tertiary/aromatic N) is 3. The van der Waals surface area contributed by atoms with E-state index in [1.807, 2.05) is 6.20 Å². The minimum atomic E-state index is 0.909. The maximum Gasteiger partial charge on any atom is 0.138 e. The summed E-state index contributed by atoms with van der Waals surface area (Å²) in [4.78, 5) is 5.00. The molecular weight excluding hydrogens is 558 g/mol. The molecule has 10 rings (SSSR count). The van der Waals surface area contributed by atoms with E-state index in [0.717, 1.165) is 16.9 Å². The number of hydrogen-bond acceptors (Lipinski definition) is 1. The van der Waals surface area contributed by atoms with Gasteiger partial charge >= 0.3 is 0 Å². The average molecular weight is 586 g/mol. The third kappa shape index (κ3) is 3.57. The van der Waals surface area contributed by atoms with Crippen LogP contribution in [0.1, 0.15) is 0 Å². The van der Waals surface area contributed by atoms with Gasteiger partial charge in [-0.3, -0.25) is 4.57 Å². The Hall–Kier alpha value is -6.19. The Morgan fingerprint density at radius 3 is 1.74 bits per heavy atom. The Labute approximate surface area is 265 Å². The van der Waals surface area contributed by atoms with Gasteiger partial charge in [0.1, 0.15) is 5.82 Å². The molecule has 0 N–H and O–H groups in total. The first kappa shape index (κ1) is 25.2. The lowest BCUT2D eigenvalue weighted by molar-refractivity contribution is 1.08. The van der Waals surface area contributed by atoms with E-state index in [0.29, 0.717) is 0 Å². The normalized spacial score (nSPS) is 11.9. The van der Waals surface area contributed by atoms with Crippen LogP contribution in [0.2, 0.25) is 0 Å². The van der Waals surface area contributed by atoms with Crippen LogP contribution in [-0.2, 0) is 0 Å². The van der Waals surface area contributed by atoms with E-state index in [1.54, 1.807) is 0 Å². The molecule has 4 heterocycles. The molecule has 0 saturated heterocycles. The summed E-state index contributed by atoms with van der Waals surface area (Å²) in [6.07, 6.45) is 1.94. The summed E-state index contributed by atoms with van der Waals surface area (Å²) < 4.78 is 4.80. The molecule has 0 bridgehead atoms. The van der Waals surface area contributed by atoms with Gasteiger partial charge in [0.25, 0.3) is 0 Å². The Morgan fingerprint density at radius 2 is 0.935 bits per heavy atom. The SMILES string of the molecule is c1ccc(-c2cccc(-c3ccnc(-n4c5ccccc5c5ccc6c(cc7c8ccccc8c8ccccc8n76)c54)c3)c2)cc1. The summed E-state index contributed by atoms with van der Waals surface area (Å²) in [5.74, 6) is 0.909. The Kier molecular flexibility index (Phi) is 5.28. The second-order valence-corrected chi connectivity index (χ2v) is 12.0. The highest BCUT2D eigenvalue weighted by molar-refractivity contribution is 6.22. The van der Waals surface area contributed by atoms with Crippen LogP contribution in [-0.4, -0.2) is 14.0 Å². The summed E-state index contributed by atoms with van der Waals surface area (Å²) in [7, 11) is 0. The van der Waals surface area contributed by atoms with E-state index in [-0.39, 0.29) is 0 Å². The van der Waals surface area contributed by atoms with Crippen LogP contribution in [0.4, 0.5) is 0 Å². The molecule has 6 aromatic carbocycles. The van der Waals surface area contributed by atoms with Gasteiger partial charge < -0.3 is 4.40 Å². The predicted octanol–water partition coefficient (Wildman–Crippen LogP) is 11.2. The van der Waals surface area contributed by atoms with Crippen molar-refractivity contribution in [3.05, 3.63) is 164 Å². The van der Waals surface area contributed by atoms with Gasteiger partial charge in [0, 0.05) is 33.1 Å². The number of fused-ring (bicyclic) bond motifs is 12. The quantitative estimate of drug-likeness (QED) is 0.189. The topological polar surface area (TPSA) is 22.2 Å². The number of aromatic nitrogens is 3. The summed E-state index contributed by atoms with van der Waals surface area (Å²) in [5.41, 5.74) is 10.7. The van der Waals surface area contributed by atoms with Gasteiger partial charge in [-0.25, -0.2) is 4.98 Å². The largest absolute Gasteiger partial charge is 0.309 e. The zero-order valence-corrected chi connectivity index (χ0v) is 24.9. The van der Waals surface area contributed by atoms with Crippen LogP contribution < -0.4 is 0 Å². The van der Waals surface area contributed by atoms with Gasteiger partial charge in [-0.05, 0) is 70.1 Å². The Bertz CT molecular complexity index is 2800. The van der Waals surface area contributed by atoms with Crippen molar-refractivity contribution in [2.75, 3.05) is 0 Å². The van der Waals surface area contributed by atoms with Crippen LogP contribution in [0.25, 0.3) is 88.0 Å². The molecule has 0 spiro atoms. The third-order valence-corrected chi connectivity index (χ3v) is 9.53. The smallest absolute Gasteiger partial charge is 0.138 e. The van der Waals surface area contributed by atoms with Crippen LogP contribution >= 0.6 is 0 Å². The molecule has 214 valence electrons. The number of pyridine rings is 2. The first-order valence-corrected chi connectivity index (χ1v) is 15.7. The van der Waals surface area contributed by atoms with Crippen molar-refractivity contribution >= 4 is 59.9 Å². The zero-order chi connectivity index (χ0) is 30.2. The standard InChI is InChI=1S/C43H27N3/c1-2-11-28(12-3-1)29-13-10-14-30(25-29)31-23-24-44-42(26-31)46-39-20-9-7-18-35(39)36-21-22-40-37(43(36)46)27-41-34-17-5-4-15-32(34)33-16-6-8-19-38(33)45(40)41/h1-27H. The molecule has 0 aliphatic heterocycles. The molecule has 0 aliphatic carbocycles. The van der Waals surface area contributed by atoms with E-state index in [1.165, 1.54) is 71.1 Å². The molecule has 0 aliphatic rings. The van der Waals surface area contributed by atoms with E-state index >= 15 is 0 Å². The number of hydrogen-bond donors (Lipinski definition) is 0. The Balaban J connectivity index is 1.28. The van der Waals surface area contributed by atoms with Crippen LogP contribution in [0.3, 0.4) is 0 Å². The lowest BCUT2D eigenvalue weighted by Crippen LogP contribution is -1.98. The molecule has 10 aromatic rings. The van der Waals surface area contributed by atoms with Gasteiger partial charge in [-0.15, -0.1) is 0 Å². The number of rotatable bonds is 3. The van der Waals surface area contributed by atoms with Crippen LogP contribution in [0, 0.1) is 0 Å². The average Bonchev–Trinajstić information content (AvgIpc) is 3.69. The van der Waals surface area contributed by atoms with E-state index in [4.69, 9.17) is 4.98 Å². The molecule has 3 heteroatoms. The van der Waals surface area contributed by atoms with Crippen LogP contribution in [0.15, 0.2) is 164 Å². The highest BCUT2D eigenvalue weighted by atomic mass is 15.1. The third-order valence-electron chi connectivity index (χ3n) is 9.53. The number of para-hydroxylation sites is 2. The molecule has 46 heavy (non-hydrogen) atoms. The molecule has 0 atom stereocenters. The molecule has 3 nitrogen and oxygen atoms in total. The fourth-order valence-corrected chi connectivity index (χ4v) is 7.50. The lowest BCUT2D eigenvalue weighted by Gasteiger charge is -2.11. The van der Waals surface area contributed by atoms with Gasteiger partial charge in [-0.1, -0.05) is 115 Å². The predicted molar refractivity (Wildman–Crippen MR) is 193 cm³/mol. The molecule has 0 radical (unpaired) electrons. The monoisotopic (exact) mass is 585 g/mol. The molecule has 0 unspecified atom stereocenters. The van der Waals surface area contributed by atoms with Crippen molar-refractivity contribution in [2.45, 2.75) is 0 Å². The second-order valence-electron chi connectivity index (χ2n) is 12.0. The summed E-state index contributed by atoms with van der Waals surface area (Å²) in [5, 5.41) is 7.46. The first-order chi connectivity index (χ1) is 22.8. The van der Waals surface area contributed by atoms with Crippen molar-refractivity contribution in [1.29, 1.82) is 0 Å². The fourth-order valence-electron chi connectivity index (χ4n) is 7.50. The molecule has 0 amide bonds. The molecular formula is C43H27N3.